The fraction of sp³-hybridized carbons (Fsp3) is 0.500. The fourth-order valence-electron chi connectivity index (χ4n) is 6.19. The highest BCUT2D eigenvalue weighted by atomic mass is 16.5. The number of benzene rings is 2. The van der Waals surface area contributed by atoms with Crippen LogP contribution in [0.1, 0.15) is 51.2 Å². The number of allylic oxidation sites excluding steroid dienone is 1. The topological polar surface area (TPSA) is 102 Å². The number of carbonyl (C=O) groups excluding carboxylic acids is 2. The summed E-state index contributed by atoms with van der Waals surface area (Å²) in [7, 11) is 0. The molecule has 0 radical (unpaired) electrons. The van der Waals surface area contributed by atoms with Gasteiger partial charge in [-0.15, -0.1) is 0 Å². The normalized spacial score (nSPS) is 27.7. The minimum absolute atomic E-state index is 0.0545. The molecule has 0 bridgehead atoms. The van der Waals surface area contributed by atoms with Gasteiger partial charge in [0.05, 0.1) is 44.2 Å². The minimum Gasteiger partial charge on any atom is -0.466 e. The van der Waals surface area contributed by atoms with Crippen LogP contribution in [0.3, 0.4) is 0 Å². The lowest BCUT2D eigenvalue weighted by molar-refractivity contribution is -0.190. The van der Waals surface area contributed by atoms with E-state index in [9.17, 15) is 19.8 Å². The number of Topliss-reactive ketones (excluding diaryl/α,β-unsaturated/α-hetero) is 1. The van der Waals surface area contributed by atoms with Gasteiger partial charge >= 0.3 is 5.97 Å². The van der Waals surface area contributed by atoms with Crippen molar-refractivity contribution in [2.45, 2.75) is 77.7 Å². The standard InChI is InChI=1S/C32H40O7/c1-4-37-27(35)16-15-24-26(34)17-25-29(28(24)21(3)33)31(38-18-22-11-7-5-8-12-22)20(2)32(30(25)36)39-19-23-13-9-6-10-14-23/h5-14,20-21,25,29-33,36H,4,15-19H2,1-3H3/t20-,21-,25-,29-,30-,31-,32-/m1/s1. The maximum absolute atomic E-state index is 13.4. The Kier molecular flexibility index (Phi) is 10.1. The molecule has 7 atom stereocenters. The fourth-order valence-corrected chi connectivity index (χ4v) is 6.19. The van der Waals surface area contributed by atoms with Gasteiger partial charge in [0.1, 0.15) is 0 Å². The van der Waals surface area contributed by atoms with Crippen LogP contribution in [0.25, 0.3) is 0 Å². The summed E-state index contributed by atoms with van der Waals surface area (Å²) >= 11 is 0. The van der Waals surface area contributed by atoms with Gasteiger partial charge in [-0.1, -0.05) is 67.6 Å². The maximum Gasteiger partial charge on any atom is 0.306 e. The molecule has 7 nitrogen and oxygen atoms in total. The molecule has 1 saturated carbocycles. The molecule has 0 saturated heterocycles. The molecule has 39 heavy (non-hydrogen) atoms. The molecule has 2 aliphatic rings. The predicted molar refractivity (Wildman–Crippen MR) is 146 cm³/mol. The van der Waals surface area contributed by atoms with Crippen LogP contribution in [0.5, 0.6) is 0 Å². The van der Waals surface area contributed by atoms with Gasteiger partial charge in [0, 0.05) is 30.6 Å². The highest BCUT2D eigenvalue weighted by Gasteiger charge is 2.54. The van der Waals surface area contributed by atoms with Crippen molar-refractivity contribution >= 4 is 11.8 Å². The number of ketones is 1. The zero-order valence-electron chi connectivity index (χ0n) is 23.0. The Morgan fingerprint density at radius 3 is 2.08 bits per heavy atom. The third-order valence-electron chi connectivity index (χ3n) is 8.00. The van der Waals surface area contributed by atoms with Crippen molar-refractivity contribution in [2.75, 3.05) is 6.61 Å². The lowest BCUT2D eigenvalue weighted by atomic mass is 9.60. The van der Waals surface area contributed by atoms with Crippen LogP contribution in [-0.4, -0.2) is 53.0 Å². The molecule has 0 heterocycles. The van der Waals surface area contributed by atoms with Crippen molar-refractivity contribution in [3.8, 4) is 0 Å². The maximum atomic E-state index is 13.4. The Hall–Kier alpha value is -2.84. The smallest absolute Gasteiger partial charge is 0.306 e. The van der Waals surface area contributed by atoms with Crippen LogP contribution in [-0.2, 0) is 37.0 Å². The number of hydrogen-bond acceptors (Lipinski definition) is 7. The van der Waals surface area contributed by atoms with Crippen molar-refractivity contribution in [1.29, 1.82) is 0 Å². The molecular weight excluding hydrogens is 496 g/mol. The second-order valence-corrected chi connectivity index (χ2v) is 10.6. The van der Waals surface area contributed by atoms with Crippen LogP contribution >= 0.6 is 0 Å². The van der Waals surface area contributed by atoms with Gasteiger partial charge in [0.2, 0.25) is 0 Å². The first kappa shape index (κ1) is 29.2. The summed E-state index contributed by atoms with van der Waals surface area (Å²) in [4.78, 5) is 25.5. The quantitative estimate of drug-likeness (QED) is 0.411. The first-order chi connectivity index (χ1) is 18.8. The van der Waals surface area contributed by atoms with Crippen molar-refractivity contribution < 1.29 is 34.0 Å². The van der Waals surface area contributed by atoms with Gasteiger partial charge in [-0.25, -0.2) is 0 Å². The summed E-state index contributed by atoms with van der Waals surface area (Å²) in [6.45, 7) is 6.32. The highest BCUT2D eigenvalue weighted by Crippen LogP contribution is 2.49. The molecule has 0 aromatic heterocycles. The Morgan fingerprint density at radius 1 is 0.974 bits per heavy atom. The van der Waals surface area contributed by atoms with E-state index in [0.717, 1.165) is 11.1 Å². The van der Waals surface area contributed by atoms with E-state index in [1.807, 2.05) is 67.6 Å². The third-order valence-corrected chi connectivity index (χ3v) is 8.00. The molecule has 1 fully saturated rings. The van der Waals surface area contributed by atoms with E-state index in [1.165, 1.54) is 0 Å². The van der Waals surface area contributed by atoms with E-state index < -0.39 is 36.3 Å². The van der Waals surface area contributed by atoms with Gasteiger partial charge in [-0.3, -0.25) is 9.59 Å². The van der Waals surface area contributed by atoms with E-state index in [-0.39, 0.29) is 43.5 Å². The van der Waals surface area contributed by atoms with Crippen molar-refractivity contribution in [3.63, 3.8) is 0 Å². The Bertz CT molecular complexity index is 1130. The lowest BCUT2D eigenvalue weighted by Crippen LogP contribution is -2.59. The van der Waals surface area contributed by atoms with Crippen molar-refractivity contribution in [1.82, 2.24) is 0 Å². The summed E-state index contributed by atoms with van der Waals surface area (Å²) in [6.07, 6.45) is -2.50. The van der Waals surface area contributed by atoms with Crippen LogP contribution in [0.4, 0.5) is 0 Å². The summed E-state index contributed by atoms with van der Waals surface area (Å²) < 4.78 is 18.0. The molecule has 2 aromatic carbocycles. The van der Waals surface area contributed by atoms with Crippen LogP contribution < -0.4 is 0 Å². The number of aliphatic hydroxyl groups excluding tert-OH is 2. The molecule has 210 valence electrons. The zero-order chi connectivity index (χ0) is 27.9. The first-order valence-electron chi connectivity index (χ1n) is 13.9. The predicted octanol–water partition coefficient (Wildman–Crippen LogP) is 4.39. The monoisotopic (exact) mass is 536 g/mol. The van der Waals surface area contributed by atoms with E-state index in [1.54, 1.807) is 13.8 Å². The van der Waals surface area contributed by atoms with Gasteiger partial charge in [-0.05, 0) is 42.5 Å². The van der Waals surface area contributed by atoms with E-state index >= 15 is 0 Å². The van der Waals surface area contributed by atoms with Crippen LogP contribution in [0.2, 0.25) is 0 Å². The number of carbonyl (C=O) groups is 2. The number of rotatable bonds is 11. The second-order valence-electron chi connectivity index (χ2n) is 10.6. The molecular formula is C32H40O7. The Balaban J connectivity index is 1.67. The van der Waals surface area contributed by atoms with Crippen molar-refractivity contribution in [2.24, 2.45) is 17.8 Å². The van der Waals surface area contributed by atoms with Crippen LogP contribution in [0, 0.1) is 17.8 Å². The van der Waals surface area contributed by atoms with Crippen LogP contribution in [0.15, 0.2) is 71.8 Å². The average molecular weight is 537 g/mol. The lowest BCUT2D eigenvalue weighted by Gasteiger charge is -2.51. The number of fused-ring (bicyclic) bond motifs is 1. The van der Waals surface area contributed by atoms with Gasteiger partial charge in [0.15, 0.2) is 5.78 Å². The second kappa shape index (κ2) is 13.5. The Labute approximate surface area is 230 Å². The highest BCUT2D eigenvalue weighted by molar-refractivity contribution is 5.98. The molecule has 0 aliphatic heterocycles. The largest absolute Gasteiger partial charge is 0.466 e. The molecule has 0 unspecified atom stereocenters. The molecule has 2 N–H and O–H groups in total. The molecule has 0 spiro atoms. The Morgan fingerprint density at radius 2 is 1.54 bits per heavy atom. The van der Waals surface area contributed by atoms with E-state index in [4.69, 9.17) is 14.2 Å². The SMILES string of the molecule is CCOC(=O)CCC1=C([C@@H](C)O)[C@H]2[C@@H](CC1=O)[C@@H](O)[C@H](OCc1ccccc1)[C@H](C)[C@H]2OCc1ccccc1. The summed E-state index contributed by atoms with van der Waals surface area (Å²) in [5, 5.41) is 22.6. The number of esters is 1. The van der Waals surface area contributed by atoms with E-state index in [2.05, 4.69) is 0 Å². The first-order valence-corrected chi connectivity index (χ1v) is 13.9. The number of hydrogen-bond donors (Lipinski definition) is 2. The van der Waals surface area contributed by atoms with Gasteiger partial charge in [0.25, 0.3) is 0 Å². The number of aliphatic hydroxyl groups is 2. The molecule has 7 heteroatoms. The molecule has 2 aliphatic carbocycles. The molecule has 2 aromatic rings. The average Bonchev–Trinajstić information content (AvgIpc) is 2.93. The summed E-state index contributed by atoms with van der Waals surface area (Å²) in [6, 6.07) is 19.6. The zero-order valence-corrected chi connectivity index (χ0v) is 23.0. The van der Waals surface area contributed by atoms with Crippen molar-refractivity contribution in [3.05, 3.63) is 82.9 Å². The van der Waals surface area contributed by atoms with Gasteiger partial charge in [-0.2, -0.15) is 0 Å². The van der Waals surface area contributed by atoms with Gasteiger partial charge < -0.3 is 24.4 Å². The summed E-state index contributed by atoms with van der Waals surface area (Å²) in [5.41, 5.74) is 3.01. The van der Waals surface area contributed by atoms with E-state index in [0.29, 0.717) is 24.4 Å². The number of ether oxygens (including phenoxy) is 3. The minimum atomic E-state index is -0.942. The molecule has 0 amide bonds. The molecule has 4 rings (SSSR count). The third kappa shape index (κ3) is 6.84. The summed E-state index contributed by atoms with van der Waals surface area (Å²) in [5.74, 6) is -1.65.